The Balaban J connectivity index is 0.000000458. The fraction of sp³-hybridized carbons (Fsp3) is 0.160. The molecule has 0 radical (unpaired) electrons. The highest BCUT2D eigenvalue weighted by atomic mass is 19.1. The molecule has 16 nitrogen and oxygen atoms in total. The van der Waals surface area contributed by atoms with Gasteiger partial charge < -0.3 is 32.0 Å². The monoisotopic (exact) mass is 581 g/mol. The Kier molecular flexibility index (Phi) is 9.73. The number of carbonyl (C=O) groups is 3. The van der Waals surface area contributed by atoms with Gasteiger partial charge in [0, 0.05) is 23.8 Å². The molecule has 0 bridgehead atoms. The number of anilines is 2. The number of amides is 1. The number of carboxylic acid groups (broad SMARTS) is 2. The molecule has 0 saturated carbocycles. The maximum Gasteiger partial charge on any atom is 0.331 e. The highest BCUT2D eigenvalue weighted by molar-refractivity contribution is 5.97. The summed E-state index contributed by atoms with van der Waals surface area (Å²) in [6.45, 7) is 3.30. The average molecular weight is 582 g/mol. The number of carboxylic acids is 2. The molecule has 0 saturated heterocycles. The highest BCUT2D eigenvalue weighted by Crippen LogP contribution is 2.16. The number of nitrogens with two attached hydrogens (primary N) is 2. The maximum absolute atomic E-state index is 12.4. The van der Waals surface area contributed by atoms with Crippen LogP contribution in [0.3, 0.4) is 0 Å². The van der Waals surface area contributed by atoms with E-state index < -0.39 is 47.4 Å². The summed E-state index contributed by atoms with van der Waals surface area (Å²) < 4.78 is 12.0. The number of aromatic amines is 2. The lowest BCUT2D eigenvalue weighted by molar-refractivity contribution is -0.139. The predicted molar refractivity (Wildman–Crippen MR) is 146 cm³/mol. The summed E-state index contributed by atoms with van der Waals surface area (Å²) in [4.78, 5) is 75.1. The van der Waals surface area contributed by atoms with E-state index >= 15 is 0 Å². The van der Waals surface area contributed by atoms with Gasteiger partial charge in [-0.2, -0.15) is 14.4 Å². The molecule has 1 atom stereocenters. The third-order valence-electron chi connectivity index (χ3n) is 5.52. The van der Waals surface area contributed by atoms with Gasteiger partial charge in [-0.15, -0.1) is 0 Å². The van der Waals surface area contributed by atoms with Crippen LogP contribution in [0.2, 0.25) is 0 Å². The maximum atomic E-state index is 12.4. The number of aryl methyl sites for hydroxylation is 2. The van der Waals surface area contributed by atoms with Crippen LogP contribution in [-0.4, -0.2) is 64.0 Å². The van der Waals surface area contributed by atoms with Crippen LogP contribution in [-0.2, 0) is 22.4 Å². The normalized spacial score (nSPS) is 11.2. The zero-order valence-corrected chi connectivity index (χ0v) is 21.6. The van der Waals surface area contributed by atoms with Gasteiger partial charge in [-0.3, -0.25) is 14.6 Å². The quantitative estimate of drug-likeness (QED) is 0.126. The van der Waals surface area contributed by atoms with Crippen molar-refractivity contribution in [2.45, 2.75) is 25.3 Å². The summed E-state index contributed by atoms with van der Waals surface area (Å²) in [6.07, 6.45) is 3.00. The number of aliphatic carboxylic acids is 2. The number of halogens is 1. The fourth-order valence-corrected chi connectivity index (χ4v) is 3.37. The molecule has 9 N–H and O–H groups in total. The van der Waals surface area contributed by atoms with Crippen molar-refractivity contribution in [3.8, 4) is 0 Å². The lowest BCUT2D eigenvalue weighted by atomic mass is 10.0. The first-order valence-corrected chi connectivity index (χ1v) is 11.9. The van der Waals surface area contributed by atoms with Crippen LogP contribution >= 0.6 is 0 Å². The van der Waals surface area contributed by atoms with Crippen LogP contribution in [0.1, 0.15) is 28.0 Å². The van der Waals surface area contributed by atoms with E-state index in [0.717, 1.165) is 5.56 Å². The Labute approximate surface area is 234 Å². The minimum Gasteiger partial charge on any atom is -0.480 e. The zero-order valence-electron chi connectivity index (χ0n) is 21.6. The standard InChI is InChI=1S/C21H21N7O5.C4H3FN2O2/c1-10(19(30)31)8-14(20(32)33)26-18(29)12-5-2-11(3-6-12)4-7-13-9-24-17-15(25-13)16(22)27-21(23)28-17;5-2-1-6-4(9)7-3(2)8/h2-3,5-6,9,14H,1,4,7-8H2,(H,26,29)(H,30,31)(H,32,33)(H4,22,23,24,27,28);1H,(H2,6,7,8,9)/t14-;/m0./s1. The van der Waals surface area contributed by atoms with Crippen LogP contribution in [0.4, 0.5) is 16.2 Å². The SMILES string of the molecule is C=C(C[C@H](NC(=O)c1ccc(CCc2cnc3nc(N)nc(N)c3n2)cc1)C(=O)O)C(=O)O.O=c1[nH]cc(F)c(=O)[nH]1. The molecule has 218 valence electrons. The third kappa shape index (κ3) is 8.25. The lowest BCUT2D eigenvalue weighted by Crippen LogP contribution is -2.41. The number of aromatic nitrogens is 6. The first kappa shape index (κ1) is 30.5. The molecule has 3 heterocycles. The number of benzene rings is 1. The number of hydrogen-bond acceptors (Lipinski definition) is 11. The van der Waals surface area contributed by atoms with Crippen molar-refractivity contribution in [3.63, 3.8) is 0 Å². The molecule has 4 rings (SSSR count). The largest absolute Gasteiger partial charge is 0.480 e. The zero-order chi connectivity index (χ0) is 31.0. The van der Waals surface area contributed by atoms with Crippen molar-refractivity contribution in [3.05, 3.63) is 92.3 Å². The average Bonchev–Trinajstić information content (AvgIpc) is 2.94. The number of carbonyl (C=O) groups excluding carboxylic acids is 1. The Morgan fingerprint density at radius 2 is 1.74 bits per heavy atom. The van der Waals surface area contributed by atoms with Gasteiger partial charge in [0.05, 0.1) is 11.9 Å². The number of nitrogens with zero attached hydrogens (tertiary/aromatic N) is 4. The van der Waals surface area contributed by atoms with Gasteiger partial charge in [0.2, 0.25) is 11.8 Å². The molecule has 3 aromatic heterocycles. The number of rotatable bonds is 9. The molecule has 0 unspecified atom stereocenters. The molecular weight excluding hydrogens is 557 g/mol. The van der Waals surface area contributed by atoms with Gasteiger partial charge >= 0.3 is 17.6 Å². The van der Waals surface area contributed by atoms with Crippen molar-refractivity contribution in [2.75, 3.05) is 11.5 Å². The predicted octanol–water partition coefficient (Wildman–Crippen LogP) is -0.214. The van der Waals surface area contributed by atoms with Gasteiger partial charge in [-0.05, 0) is 30.5 Å². The van der Waals surface area contributed by atoms with Crippen LogP contribution in [0, 0.1) is 5.82 Å². The molecular formula is C25H24FN9O7. The molecule has 0 spiro atoms. The van der Waals surface area contributed by atoms with E-state index in [4.69, 9.17) is 16.6 Å². The van der Waals surface area contributed by atoms with Crippen molar-refractivity contribution in [1.82, 2.24) is 35.2 Å². The second-order valence-corrected chi connectivity index (χ2v) is 8.59. The van der Waals surface area contributed by atoms with Gasteiger partial charge in [0.25, 0.3) is 11.5 Å². The summed E-state index contributed by atoms with van der Waals surface area (Å²) in [6, 6.07) is 5.16. The number of nitrogens with one attached hydrogen (secondary N) is 3. The molecule has 1 aromatic carbocycles. The summed E-state index contributed by atoms with van der Waals surface area (Å²) in [5, 5.41) is 20.4. The second-order valence-electron chi connectivity index (χ2n) is 8.59. The van der Waals surface area contributed by atoms with Gasteiger partial charge in [0.15, 0.2) is 17.0 Å². The van der Waals surface area contributed by atoms with Gasteiger partial charge in [-0.1, -0.05) is 18.7 Å². The van der Waals surface area contributed by atoms with Crippen molar-refractivity contribution < 1.29 is 29.0 Å². The third-order valence-corrected chi connectivity index (χ3v) is 5.52. The Bertz CT molecular complexity index is 1770. The molecule has 0 aliphatic heterocycles. The molecule has 1 amide bonds. The Morgan fingerprint density at radius 1 is 1.05 bits per heavy atom. The minimum absolute atomic E-state index is 0.0210. The van der Waals surface area contributed by atoms with E-state index in [9.17, 15) is 33.5 Å². The summed E-state index contributed by atoms with van der Waals surface area (Å²) in [5.41, 5.74) is 11.9. The summed E-state index contributed by atoms with van der Waals surface area (Å²) >= 11 is 0. The number of hydrogen-bond donors (Lipinski definition) is 7. The van der Waals surface area contributed by atoms with Crippen LogP contribution in [0.25, 0.3) is 11.2 Å². The molecule has 0 fully saturated rings. The smallest absolute Gasteiger partial charge is 0.331 e. The minimum atomic E-state index is -1.40. The number of fused-ring (bicyclic) bond motifs is 1. The van der Waals surface area contributed by atoms with Gasteiger partial charge in [0.1, 0.15) is 6.04 Å². The van der Waals surface area contributed by atoms with Crippen LogP contribution in [0.15, 0.2) is 58.4 Å². The Morgan fingerprint density at radius 3 is 2.33 bits per heavy atom. The van der Waals surface area contributed by atoms with Crippen molar-refractivity contribution >= 4 is 40.8 Å². The van der Waals surface area contributed by atoms with E-state index in [1.165, 1.54) is 0 Å². The number of H-pyrrole nitrogens is 2. The topological polar surface area (TPSA) is 273 Å². The molecule has 17 heteroatoms. The highest BCUT2D eigenvalue weighted by Gasteiger charge is 2.23. The fourth-order valence-electron chi connectivity index (χ4n) is 3.37. The summed E-state index contributed by atoms with van der Waals surface area (Å²) in [5.74, 6) is -4.14. The van der Waals surface area contributed by atoms with Crippen LogP contribution < -0.4 is 28.0 Å². The van der Waals surface area contributed by atoms with E-state index in [-0.39, 0.29) is 22.9 Å². The van der Waals surface area contributed by atoms with Gasteiger partial charge in [-0.25, -0.2) is 24.4 Å². The van der Waals surface area contributed by atoms with E-state index in [1.807, 2.05) is 4.98 Å². The lowest BCUT2D eigenvalue weighted by Gasteiger charge is -2.14. The Hall–Kier alpha value is -6.00. The van der Waals surface area contributed by atoms with Crippen LogP contribution in [0.5, 0.6) is 0 Å². The van der Waals surface area contributed by atoms with E-state index in [2.05, 4.69) is 31.8 Å². The van der Waals surface area contributed by atoms with Crippen molar-refractivity contribution in [1.29, 1.82) is 0 Å². The molecule has 42 heavy (non-hydrogen) atoms. The molecule has 4 aromatic rings. The first-order chi connectivity index (χ1) is 19.8. The number of nitrogen functional groups attached to an aromatic ring is 2. The van der Waals surface area contributed by atoms with E-state index in [1.54, 1.807) is 35.4 Å². The second kappa shape index (κ2) is 13.4. The molecule has 0 aliphatic carbocycles. The van der Waals surface area contributed by atoms with E-state index in [0.29, 0.717) is 35.9 Å². The molecule has 0 aliphatic rings. The van der Waals surface area contributed by atoms with Crippen molar-refractivity contribution in [2.24, 2.45) is 0 Å². The first-order valence-electron chi connectivity index (χ1n) is 11.9. The summed E-state index contributed by atoms with van der Waals surface area (Å²) in [7, 11) is 0.